The molecule has 0 radical (unpaired) electrons. The highest BCUT2D eigenvalue weighted by atomic mass is 16.3. The number of aryl methyl sites for hydroxylation is 1. The Bertz CT molecular complexity index is 436. The second kappa shape index (κ2) is 5.90. The molecular weight excluding hydrogens is 248 g/mol. The first-order valence-electron chi connectivity index (χ1n) is 8.16. The molecule has 0 bridgehead atoms. The van der Waals surface area contributed by atoms with E-state index < -0.39 is 0 Å². The van der Waals surface area contributed by atoms with Crippen LogP contribution in [-0.4, -0.2) is 25.0 Å². The molecule has 2 fully saturated rings. The fourth-order valence-electron chi connectivity index (χ4n) is 4.04. The van der Waals surface area contributed by atoms with Gasteiger partial charge in [-0.15, -0.1) is 0 Å². The number of rotatable bonds is 4. The molecule has 3 heteroatoms. The Kier molecular flexibility index (Phi) is 4.18. The van der Waals surface area contributed by atoms with Crippen molar-refractivity contribution in [3.8, 4) is 0 Å². The van der Waals surface area contributed by atoms with Crippen molar-refractivity contribution < 1.29 is 4.42 Å². The smallest absolute Gasteiger partial charge is 0.120 e. The Hall–Kier alpha value is -0.800. The van der Waals surface area contributed by atoms with Crippen LogP contribution in [0.4, 0.5) is 0 Å². The third-order valence-electron chi connectivity index (χ3n) is 5.37. The second-order valence-corrected chi connectivity index (χ2v) is 6.83. The van der Waals surface area contributed by atoms with Crippen molar-refractivity contribution in [2.45, 2.75) is 58.5 Å². The molecule has 112 valence electrons. The van der Waals surface area contributed by atoms with E-state index in [-0.39, 0.29) is 0 Å². The Morgan fingerprint density at radius 2 is 1.90 bits per heavy atom. The summed E-state index contributed by atoms with van der Waals surface area (Å²) in [6.07, 6.45) is 8.68. The summed E-state index contributed by atoms with van der Waals surface area (Å²) in [6.45, 7) is 6.46. The van der Waals surface area contributed by atoms with Gasteiger partial charge in [0.05, 0.1) is 13.1 Å². The van der Waals surface area contributed by atoms with Crippen molar-refractivity contribution in [1.29, 1.82) is 0 Å². The van der Waals surface area contributed by atoms with E-state index in [1.807, 2.05) is 7.05 Å². The predicted molar refractivity (Wildman–Crippen MR) is 81.6 cm³/mol. The number of nitrogens with one attached hydrogen (secondary N) is 1. The molecule has 1 aromatic rings. The van der Waals surface area contributed by atoms with Crippen LogP contribution in [0.2, 0.25) is 0 Å². The van der Waals surface area contributed by atoms with Gasteiger partial charge in [-0.3, -0.25) is 4.90 Å². The fraction of sp³-hybridized carbons (Fsp3) is 0.765. The van der Waals surface area contributed by atoms with E-state index >= 15 is 0 Å². The van der Waals surface area contributed by atoms with Gasteiger partial charge in [-0.25, -0.2) is 0 Å². The zero-order valence-corrected chi connectivity index (χ0v) is 13.0. The first-order valence-corrected chi connectivity index (χ1v) is 8.16. The normalized spacial score (nSPS) is 22.7. The summed E-state index contributed by atoms with van der Waals surface area (Å²) in [5, 5.41) is 3.17. The van der Waals surface area contributed by atoms with E-state index in [0.29, 0.717) is 5.41 Å². The third kappa shape index (κ3) is 2.94. The van der Waals surface area contributed by atoms with Crippen LogP contribution in [-0.2, 0) is 13.1 Å². The third-order valence-corrected chi connectivity index (χ3v) is 5.37. The molecule has 1 saturated heterocycles. The highest BCUT2D eigenvalue weighted by Crippen LogP contribution is 2.46. The number of hydrogen-bond donors (Lipinski definition) is 1. The molecule has 0 unspecified atom stereocenters. The average Bonchev–Trinajstić information content (AvgIpc) is 3.02. The van der Waals surface area contributed by atoms with Gasteiger partial charge >= 0.3 is 0 Å². The van der Waals surface area contributed by atoms with Gasteiger partial charge in [0.15, 0.2) is 0 Å². The molecule has 2 heterocycles. The molecule has 1 aliphatic heterocycles. The van der Waals surface area contributed by atoms with Crippen LogP contribution in [0.25, 0.3) is 0 Å². The maximum absolute atomic E-state index is 5.97. The van der Waals surface area contributed by atoms with E-state index in [1.54, 1.807) is 0 Å². The van der Waals surface area contributed by atoms with Gasteiger partial charge in [0.2, 0.25) is 0 Å². The molecular formula is C17H28N2O. The quantitative estimate of drug-likeness (QED) is 0.913. The molecule has 0 atom stereocenters. The summed E-state index contributed by atoms with van der Waals surface area (Å²) in [5.41, 5.74) is 1.99. The van der Waals surface area contributed by atoms with E-state index in [1.165, 1.54) is 57.2 Å². The topological polar surface area (TPSA) is 28.4 Å². The van der Waals surface area contributed by atoms with E-state index in [2.05, 4.69) is 23.2 Å². The van der Waals surface area contributed by atoms with Crippen molar-refractivity contribution in [2.24, 2.45) is 5.41 Å². The summed E-state index contributed by atoms with van der Waals surface area (Å²) in [7, 11) is 1.97. The predicted octanol–water partition coefficient (Wildman–Crippen LogP) is 3.46. The van der Waals surface area contributed by atoms with Crippen LogP contribution < -0.4 is 5.32 Å². The minimum Gasteiger partial charge on any atom is -0.463 e. The standard InChI is InChI=1S/C17H28N2O/c1-14-11-15(20-16(14)12-18-2)13-19-9-7-17(8-10-19)5-3-4-6-17/h11,18H,3-10,12-13H2,1-2H3. The zero-order valence-electron chi connectivity index (χ0n) is 13.0. The van der Waals surface area contributed by atoms with Crippen LogP contribution in [0.15, 0.2) is 10.5 Å². The first-order chi connectivity index (χ1) is 9.71. The lowest BCUT2D eigenvalue weighted by atomic mass is 9.77. The second-order valence-electron chi connectivity index (χ2n) is 6.83. The van der Waals surface area contributed by atoms with Crippen molar-refractivity contribution in [1.82, 2.24) is 10.2 Å². The Morgan fingerprint density at radius 1 is 1.20 bits per heavy atom. The van der Waals surface area contributed by atoms with Gasteiger partial charge in [0, 0.05) is 0 Å². The number of piperidine rings is 1. The summed E-state index contributed by atoms with van der Waals surface area (Å²) >= 11 is 0. The molecule has 0 aromatic carbocycles. The Morgan fingerprint density at radius 3 is 2.55 bits per heavy atom. The molecule has 1 aromatic heterocycles. The number of furan rings is 1. The van der Waals surface area contributed by atoms with Crippen molar-refractivity contribution in [2.75, 3.05) is 20.1 Å². The lowest BCUT2D eigenvalue weighted by Gasteiger charge is -2.39. The highest BCUT2D eigenvalue weighted by molar-refractivity contribution is 5.20. The van der Waals surface area contributed by atoms with Gasteiger partial charge in [-0.1, -0.05) is 12.8 Å². The largest absolute Gasteiger partial charge is 0.463 e. The molecule has 1 spiro atoms. The Labute approximate surface area is 122 Å². The van der Waals surface area contributed by atoms with E-state index in [4.69, 9.17) is 4.42 Å². The van der Waals surface area contributed by atoms with Gasteiger partial charge in [-0.2, -0.15) is 0 Å². The molecule has 1 aliphatic carbocycles. The van der Waals surface area contributed by atoms with Crippen molar-refractivity contribution >= 4 is 0 Å². The van der Waals surface area contributed by atoms with E-state index in [0.717, 1.165) is 24.6 Å². The summed E-state index contributed by atoms with van der Waals surface area (Å²) < 4.78 is 5.97. The van der Waals surface area contributed by atoms with Crippen LogP contribution in [0, 0.1) is 12.3 Å². The Balaban J connectivity index is 1.55. The monoisotopic (exact) mass is 276 g/mol. The molecule has 3 rings (SSSR count). The minimum absolute atomic E-state index is 0.715. The van der Waals surface area contributed by atoms with Crippen LogP contribution in [0.1, 0.15) is 55.6 Å². The fourth-order valence-corrected chi connectivity index (χ4v) is 4.04. The average molecular weight is 276 g/mol. The molecule has 0 amide bonds. The maximum Gasteiger partial charge on any atom is 0.120 e. The molecule has 1 N–H and O–H groups in total. The van der Waals surface area contributed by atoms with Crippen LogP contribution >= 0.6 is 0 Å². The van der Waals surface area contributed by atoms with Crippen molar-refractivity contribution in [3.63, 3.8) is 0 Å². The SMILES string of the molecule is CNCc1oc(CN2CCC3(CCCC3)CC2)cc1C. The van der Waals surface area contributed by atoms with Crippen LogP contribution in [0.5, 0.6) is 0 Å². The molecule has 20 heavy (non-hydrogen) atoms. The van der Waals surface area contributed by atoms with Crippen LogP contribution in [0.3, 0.4) is 0 Å². The number of hydrogen-bond acceptors (Lipinski definition) is 3. The minimum atomic E-state index is 0.715. The summed E-state index contributed by atoms with van der Waals surface area (Å²) in [4.78, 5) is 2.57. The molecule has 2 aliphatic rings. The summed E-state index contributed by atoms with van der Waals surface area (Å²) in [6, 6.07) is 2.21. The lowest BCUT2D eigenvalue weighted by molar-refractivity contribution is 0.0978. The van der Waals surface area contributed by atoms with Gasteiger partial charge in [0.25, 0.3) is 0 Å². The summed E-state index contributed by atoms with van der Waals surface area (Å²) in [5.74, 6) is 2.22. The first kappa shape index (κ1) is 14.2. The maximum atomic E-state index is 5.97. The van der Waals surface area contributed by atoms with E-state index in [9.17, 15) is 0 Å². The zero-order chi connectivity index (χ0) is 14.0. The van der Waals surface area contributed by atoms with Gasteiger partial charge in [0.1, 0.15) is 11.5 Å². The number of likely N-dealkylation sites (tertiary alicyclic amines) is 1. The molecule has 1 saturated carbocycles. The highest BCUT2D eigenvalue weighted by Gasteiger charge is 2.36. The van der Waals surface area contributed by atoms with Gasteiger partial charge < -0.3 is 9.73 Å². The van der Waals surface area contributed by atoms with Crippen molar-refractivity contribution in [3.05, 3.63) is 23.2 Å². The molecule has 3 nitrogen and oxygen atoms in total. The van der Waals surface area contributed by atoms with Gasteiger partial charge in [-0.05, 0) is 69.8 Å². The lowest BCUT2D eigenvalue weighted by Crippen LogP contribution is -2.38. The number of nitrogens with zero attached hydrogens (tertiary/aromatic N) is 1.